The quantitative estimate of drug-likeness (QED) is 0.773. The first-order valence-corrected chi connectivity index (χ1v) is 6.06. The lowest BCUT2D eigenvalue weighted by Crippen LogP contribution is -2.13. The number of aryl methyl sites for hydroxylation is 1. The van der Waals surface area contributed by atoms with Gasteiger partial charge in [-0.05, 0) is 19.1 Å². The Balaban J connectivity index is 1.96. The van der Waals surface area contributed by atoms with Crippen LogP contribution in [0.15, 0.2) is 36.9 Å². The smallest absolute Gasteiger partial charge is 0.154 e. The third kappa shape index (κ3) is 2.12. The summed E-state index contributed by atoms with van der Waals surface area (Å²) in [7, 11) is 1.92. The van der Waals surface area contributed by atoms with Gasteiger partial charge in [0.25, 0.3) is 0 Å². The fraction of sp³-hybridized carbons (Fsp3) is 0.231. The second-order valence-electron chi connectivity index (χ2n) is 4.41. The molecule has 6 heteroatoms. The summed E-state index contributed by atoms with van der Waals surface area (Å²) in [6.45, 7) is 2.03. The largest absolute Gasteiger partial charge is 0.360 e. The van der Waals surface area contributed by atoms with E-state index >= 15 is 0 Å². The molecule has 0 radical (unpaired) electrons. The van der Waals surface area contributed by atoms with E-state index in [2.05, 4.69) is 25.5 Å². The minimum absolute atomic E-state index is 0.0193. The number of benzene rings is 1. The zero-order valence-corrected chi connectivity index (χ0v) is 10.8. The first kappa shape index (κ1) is 11.6. The van der Waals surface area contributed by atoms with Crippen LogP contribution < -0.4 is 5.32 Å². The highest BCUT2D eigenvalue weighted by Gasteiger charge is 2.13. The Kier molecular flexibility index (Phi) is 2.83. The fourth-order valence-corrected chi connectivity index (χ4v) is 2.07. The van der Waals surface area contributed by atoms with Crippen LogP contribution in [0, 0.1) is 0 Å². The Bertz CT molecular complexity index is 700. The average molecular weight is 254 g/mol. The standard InChI is InChI=1S/C13H14N6/c1-9(13-18-16-8-19(13)2)17-12-10-5-3-4-6-11(10)14-7-15-12/h3-9H,1-2H3,(H,14,15,17)/t9-/m1/s1. The lowest BCUT2D eigenvalue weighted by atomic mass is 10.2. The van der Waals surface area contributed by atoms with Crippen molar-refractivity contribution in [2.75, 3.05) is 5.32 Å². The minimum Gasteiger partial charge on any atom is -0.360 e. The summed E-state index contributed by atoms with van der Waals surface area (Å²) in [6, 6.07) is 7.93. The maximum absolute atomic E-state index is 4.31. The zero-order valence-electron chi connectivity index (χ0n) is 10.8. The third-order valence-corrected chi connectivity index (χ3v) is 3.03. The molecule has 2 heterocycles. The molecule has 0 saturated heterocycles. The lowest BCUT2D eigenvalue weighted by molar-refractivity contribution is 0.717. The van der Waals surface area contributed by atoms with Gasteiger partial charge in [-0.25, -0.2) is 9.97 Å². The van der Waals surface area contributed by atoms with Gasteiger partial charge in [-0.1, -0.05) is 12.1 Å². The summed E-state index contributed by atoms with van der Waals surface area (Å²) in [6.07, 6.45) is 3.25. The van der Waals surface area contributed by atoms with E-state index in [1.165, 1.54) is 0 Å². The van der Waals surface area contributed by atoms with Crippen LogP contribution in [0.3, 0.4) is 0 Å². The van der Waals surface area contributed by atoms with Crippen molar-refractivity contribution in [2.24, 2.45) is 7.05 Å². The van der Waals surface area contributed by atoms with Gasteiger partial charge in [0.15, 0.2) is 5.82 Å². The molecule has 0 unspecified atom stereocenters. The number of hydrogen-bond donors (Lipinski definition) is 1. The Morgan fingerprint density at radius 1 is 1.21 bits per heavy atom. The third-order valence-electron chi connectivity index (χ3n) is 3.03. The molecule has 6 nitrogen and oxygen atoms in total. The van der Waals surface area contributed by atoms with Crippen LogP contribution in [0.25, 0.3) is 10.9 Å². The van der Waals surface area contributed by atoms with E-state index in [4.69, 9.17) is 0 Å². The first-order valence-electron chi connectivity index (χ1n) is 6.06. The second-order valence-corrected chi connectivity index (χ2v) is 4.41. The lowest BCUT2D eigenvalue weighted by Gasteiger charge is -2.14. The summed E-state index contributed by atoms with van der Waals surface area (Å²) in [4.78, 5) is 8.55. The van der Waals surface area contributed by atoms with Crippen LogP contribution in [0.5, 0.6) is 0 Å². The van der Waals surface area contributed by atoms with Crippen LogP contribution in [0.1, 0.15) is 18.8 Å². The molecule has 3 aromatic rings. The van der Waals surface area contributed by atoms with E-state index < -0.39 is 0 Å². The predicted octanol–water partition coefficient (Wildman–Crippen LogP) is 1.93. The number of aromatic nitrogens is 5. The van der Waals surface area contributed by atoms with Crippen LogP contribution in [-0.2, 0) is 7.05 Å². The van der Waals surface area contributed by atoms with E-state index in [1.54, 1.807) is 12.7 Å². The monoisotopic (exact) mass is 254 g/mol. The number of rotatable bonds is 3. The van der Waals surface area contributed by atoms with Crippen LogP contribution in [-0.4, -0.2) is 24.7 Å². The topological polar surface area (TPSA) is 68.5 Å². The van der Waals surface area contributed by atoms with Gasteiger partial charge in [0, 0.05) is 12.4 Å². The van der Waals surface area contributed by atoms with Gasteiger partial charge < -0.3 is 9.88 Å². The van der Waals surface area contributed by atoms with E-state index in [-0.39, 0.29) is 6.04 Å². The SMILES string of the molecule is C[C@@H](Nc1ncnc2ccccc12)c1nncn1C. The van der Waals surface area contributed by atoms with Crippen molar-refractivity contribution in [3.05, 3.63) is 42.7 Å². The highest BCUT2D eigenvalue weighted by molar-refractivity contribution is 5.88. The van der Waals surface area contributed by atoms with Crippen molar-refractivity contribution < 1.29 is 0 Å². The van der Waals surface area contributed by atoms with Crippen LogP contribution >= 0.6 is 0 Å². The maximum Gasteiger partial charge on any atom is 0.154 e. The fourth-order valence-electron chi connectivity index (χ4n) is 2.07. The van der Waals surface area contributed by atoms with Crippen molar-refractivity contribution in [1.82, 2.24) is 24.7 Å². The van der Waals surface area contributed by atoms with Gasteiger partial charge in [-0.3, -0.25) is 0 Å². The van der Waals surface area contributed by atoms with E-state index in [0.717, 1.165) is 22.5 Å². The van der Waals surface area contributed by atoms with Gasteiger partial charge in [0.1, 0.15) is 18.5 Å². The average Bonchev–Trinajstić information content (AvgIpc) is 2.85. The van der Waals surface area contributed by atoms with E-state index in [9.17, 15) is 0 Å². The van der Waals surface area contributed by atoms with Crippen molar-refractivity contribution >= 4 is 16.7 Å². The molecule has 0 aliphatic carbocycles. The molecule has 0 spiro atoms. The highest BCUT2D eigenvalue weighted by Crippen LogP contribution is 2.22. The Morgan fingerprint density at radius 3 is 2.84 bits per heavy atom. The van der Waals surface area contributed by atoms with Gasteiger partial charge >= 0.3 is 0 Å². The molecule has 0 saturated carbocycles. The van der Waals surface area contributed by atoms with E-state index in [1.807, 2.05) is 42.8 Å². The molecular formula is C13H14N6. The molecule has 1 aromatic carbocycles. The number of nitrogens with zero attached hydrogens (tertiary/aromatic N) is 5. The van der Waals surface area contributed by atoms with Crippen LogP contribution in [0.2, 0.25) is 0 Å². The Hall–Kier alpha value is -2.50. The van der Waals surface area contributed by atoms with Crippen molar-refractivity contribution in [3.63, 3.8) is 0 Å². The molecule has 1 N–H and O–H groups in total. The Labute approximate surface area is 110 Å². The second kappa shape index (κ2) is 4.64. The highest BCUT2D eigenvalue weighted by atomic mass is 15.3. The molecule has 19 heavy (non-hydrogen) atoms. The van der Waals surface area contributed by atoms with Gasteiger partial charge in [-0.2, -0.15) is 0 Å². The molecular weight excluding hydrogens is 240 g/mol. The minimum atomic E-state index is 0.0193. The molecule has 96 valence electrons. The molecule has 0 aliphatic heterocycles. The zero-order chi connectivity index (χ0) is 13.2. The summed E-state index contributed by atoms with van der Waals surface area (Å²) < 4.78 is 1.89. The van der Waals surface area contributed by atoms with Crippen molar-refractivity contribution in [1.29, 1.82) is 0 Å². The first-order chi connectivity index (χ1) is 9.25. The number of para-hydroxylation sites is 1. The van der Waals surface area contributed by atoms with Gasteiger partial charge in [-0.15, -0.1) is 10.2 Å². The summed E-state index contributed by atoms with van der Waals surface area (Å²) >= 11 is 0. The van der Waals surface area contributed by atoms with Gasteiger partial charge in [0.2, 0.25) is 0 Å². The number of hydrogen-bond acceptors (Lipinski definition) is 5. The van der Waals surface area contributed by atoms with Crippen molar-refractivity contribution in [2.45, 2.75) is 13.0 Å². The van der Waals surface area contributed by atoms with Crippen LogP contribution in [0.4, 0.5) is 5.82 Å². The number of anilines is 1. The normalized spacial score (nSPS) is 12.5. The summed E-state index contributed by atoms with van der Waals surface area (Å²) in [5.74, 6) is 1.67. The molecule has 2 aromatic heterocycles. The number of fused-ring (bicyclic) bond motifs is 1. The van der Waals surface area contributed by atoms with E-state index in [0.29, 0.717) is 0 Å². The van der Waals surface area contributed by atoms with Gasteiger partial charge in [0.05, 0.1) is 11.6 Å². The molecule has 1 atom stereocenters. The van der Waals surface area contributed by atoms with Crippen molar-refractivity contribution in [3.8, 4) is 0 Å². The number of nitrogens with one attached hydrogen (secondary N) is 1. The Morgan fingerprint density at radius 2 is 2.05 bits per heavy atom. The predicted molar refractivity (Wildman–Crippen MR) is 72.6 cm³/mol. The molecule has 0 fully saturated rings. The molecule has 0 aliphatic rings. The maximum atomic E-state index is 4.31. The molecule has 0 bridgehead atoms. The molecule has 3 rings (SSSR count). The summed E-state index contributed by atoms with van der Waals surface area (Å²) in [5, 5.41) is 12.3. The summed E-state index contributed by atoms with van der Waals surface area (Å²) in [5.41, 5.74) is 0.921. The molecule has 0 amide bonds.